The van der Waals surface area contributed by atoms with E-state index in [-0.39, 0.29) is 0 Å². The van der Waals surface area contributed by atoms with E-state index in [0.29, 0.717) is 18.2 Å². The van der Waals surface area contributed by atoms with Crippen molar-refractivity contribution in [3.05, 3.63) is 0 Å². The highest BCUT2D eigenvalue weighted by Crippen LogP contribution is 2.10. The van der Waals surface area contributed by atoms with E-state index in [1.807, 2.05) is 6.92 Å². The summed E-state index contributed by atoms with van der Waals surface area (Å²) in [6, 6.07) is 0. The first-order valence-electron chi connectivity index (χ1n) is 6.55. The second-order valence-electron chi connectivity index (χ2n) is 4.07. The van der Waals surface area contributed by atoms with Crippen molar-refractivity contribution in [2.75, 3.05) is 19.6 Å². The summed E-state index contributed by atoms with van der Waals surface area (Å²) in [6.07, 6.45) is 0. The Kier molecular flexibility index (Phi) is 4.50. The fourth-order valence-corrected chi connectivity index (χ4v) is 1.87. The minimum absolute atomic E-state index is 0.604. The van der Waals surface area contributed by atoms with Crippen LogP contribution in [0.1, 0.15) is 20.8 Å². The number of hydrogen-bond donors (Lipinski definition) is 0. The van der Waals surface area contributed by atoms with Crippen molar-refractivity contribution >= 4 is 0 Å². The van der Waals surface area contributed by atoms with Gasteiger partial charge in [0.1, 0.15) is 0 Å². The molecule has 0 aliphatic rings. The highest BCUT2D eigenvalue weighted by molar-refractivity contribution is 5.40. The molecule has 0 N–H and O–H groups in total. The maximum Gasteiger partial charge on any atom is 0.221 e. The van der Waals surface area contributed by atoms with Crippen LogP contribution in [0.4, 0.5) is 0 Å². The topological polar surface area (TPSA) is 90.4 Å². The summed E-state index contributed by atoms with van der Waals surface area (Å²) in [5, 5.41) is 23.3. The predicted molar refractivity (Wildman–Crippen MR) is 68.1 cm³/mol. The molecule has 2 aromatic rings. The summed E-state index contributed by atoms with van der Waals surface area (Å²) in [6.45, 7) is 10.6. The van der Waals surface area contributed by atoms with Gasteiger partial charge in [0.2, 0.25) is 11.6 Å². The van der Waals surface area contributed by atoms with Gasteiger partial charge in [-0.05, 0) is 40.9 Å². The lowest BCUT2D eigenvalue weighted by Crippen LogP contribution is -2.27. The molecule has 0 aromatic carbocycles. The first-order valence-corrected chi connectivity index (χ1v) is 6.55. The SMILES string of the molecule is CCN(CC)CCn1nnnc1-c1nnnn1CC. The highest BCUT2D eigenvalue weighted by Gasteiger charge is 2.16. The molecule has 9 nitrogen and oxygen atoms in total. The summed E-state index contributed by atoms with van der Waals surface area (Å²) < 4.78 is 3.43. The summed E-state index contributed by atoms with van der Waals surface area (Å²) >= 11 is 0. The summed E-state index contributed by atoms with van der Waals surface area (Å²) in [7, 11) is 0. The van der Waals surface area contributed by atoms with Gasteiger partial charge in [-0.3, -0.25) is 0 Å². The molecule has 9 heteroatoms. The third-order valence-corrected chi connectivity index (χ3v) is 3.09. The minimum Gasteiger partial charge on any atom is -0.302 e. The molecule has 0 saturated carbocycles. The second kappa shape index (κ2) is 6.32. The normalized spacial score (nSPS) is 11.4. The van der Waals surface area contributed by atoms with Gasteiger partial charge in [-0.15, -0.1) is 10.2 Å². The molecule has 19 heavy (non-hydrogen) atoms. The van der Waals surface area contributed by atoms with Crippen molar-refractivity contribution in [2.45, 2.75) is 33.9 Å². The van der Waals surface area contributed by atoms with Gasteiger partial charge < -0.3 is 4.90 Å². The predicted octanol–water partition coefficient (Wildman–Crippen LogP) is -0.312. The molecular formula is C10H19N9. The molecule has 0 spiro atoms. The molecule has 0 aliphatic carbocycles. The molecule has 0 saturated heterocycles. The lowest BCUT2D eigenvalue weighted by atomic mass is 10.4. The van der Waals surface area contributed by atoms with Gasteiger partial charge in [0.05, 0.1) is 6.54 Å². The molecule has 2 rings (SSSR count). The lowest BCUT2D eigenvalue weighted by molar-refractivity contribution is 0.284. The van der Waals surface area contributed by atoms with Crippen molar-refractivity contribution in [1.29, 1.82) is 0 Å². The van der Waals surface area contributed by atoms with Crippen LogP contribution in [0.5, 0.6) is 0 Å². The van der Waals surface area contributed by atoms with Crippen LogP contribution in [0.15, 0.2) is 0 Å². The van der Waals surface area contributed by atoms with Gasteiger partial charge in [-0.1, -0.05) is 13.8 Å². The average molecular weight is 265 g/mol. The van der Waals surface area contributed by atoms with Crippen LogP contribution in [0.2, 0.25) is 0 Å². The molecule has 0 aliphatic heterocycles. The Labute approximate surface area is 111 Å². The smallest absolute Gasteiger partial charge is 0.221 e. The summed E-state index contributed by atoms with van der Waals surface area (Å²) in [4.78, 5) is 2.31. The molecule has 0 unspecified atom stereocenters. The molecule has 0 amide bonds. The number of hydrogen-bond acceptors (Lipinski definition) is 7. The van der Waals surface area contributed by atoms with E-state index in [9.17, 15) is 0 Å². The van der Waals surface area contributed by atoms with Crippen LogP contribution in [0.25, 0.3) is 11.6 Å². The number of likely N-dealkylation sites (N-methyl/N-ethyl adjacent to an activating group) is 1. The van der Waals surface area contributed by atoms with Gasteiger partial charge >= 0.3 is 0 Å². The van der Waals surface area contributed by atoms with Crippen molar-refractivity contribution in [2.24, 2.45) is 0 Å². The average Bonchev–Trinajstić information content (AvgIpc) is 3.07. The first-order chi connectivity index (χ1) is 9.30. The third-order valence-electron chi connectivity index (χ3n) is 3.09. The Morgan fingerprint density at radius 2 is 1.47 bits per heavy atom. The van der Waals surface area contributed by atoms with Crippen molar-refractivity contribution < 1.29 is 0 Å². The summed E-state index contributed by atoms with van der Waals surface area (Å²) in [5.74, 6) is 1.21. The maximum atomic E-state index is 4.02. The molecule has 0 radical (unpaired) electrons. The zero-order chi connectivity index (χ0) is 13.7. The van der Waals surface area contributed by atoms with E-state index in [2.05, 4.69) is 49.8 Å². The highest BCUT2D eigenvalue weighted by atomic mass is 15.6. The Morgan fingerprint density at radius 1 is 0.895 bits per heavy atom. The third kappa shape index (κ3) is 2.92. The van der Waals surface area contributed by atoms with E-state index in [4.69, 9.17) is 0 Å². The van der Waals surface area contributed by atoms with E-state index < -0.39 is 0 Å². The number of aryl methyl sites for hydroxylation is 1. The van der Waals surface area contributed by atoms with Gasteiger partial charge in [0, 0.05) is 13.1 Å². The van der Waals surface area contributed by atoms with Crippen LogP contribution in [0, 0.1) is 0 Å². The lowest BCUT2D eigenvalue weighted by Gasteiger charge is -2.17. The number of aromatic nitrogens is 8. The van der Waals surface area contributed by atoms with Crippen molar-refractivity contribution in [3.8, 4) is 11.6 Å². The molecule has 104 valence electrons. The number of tetrazole rings is 2. The molecule has 0 fully saturated rings. The van der Waals surface area contributed by atoms with E-state index >= 15 is 0 Å². The van der Waals surface area contributed by atoms with Crippen LogP contribution in [0.3, 0.4) is 0 Å². The zero-order valence-electron chi connectivity index (χ0n) is 11.6. The number of nitrogens with zero attached hydrogens (tertiary/aromatic N) is 9. The Balaban J connectivity index is 2.14. The molecule has 0 bridgehead atoms. The standard InChI is InChI=1S/C10H19N9/c1-4-17(5-2)7-8-19-10(12-14-16-19)9-11-13-15-18(9)6-3/h4-8H2,1-3H3. The second-order valence-corrected chi connectivity index (χ2v) is 4.07. The van der Waals surface area contributed by atoms with Crippen molar-refractivity contribution in [1.82, 2.24) is 45.3 Å². The van der Waals surface area contributed by atoms with Crippen molar-refractivity contribution in [3.63, 3.8) is 0 Å². The van der Waals surface area contributed by atoms with E-state index in [1.54, 1.807) is 9.36 Å². The van der Waals surface area contributed by atoms with E-state index in [1.165, 1.54) is 0 Å². The van der Waals surface area contributed by atoms with Crippen LogP contribution in [-0.2, 0) is 13.1 Å². The molecule has 0 atom stereocenters. The van der Waals surface area contributed by atoms with Gasteiger partial charge in [0.15, 0.2) is 0 Å². The zero-order valence-corrected chi connectivity index (χ0v) is 11.6. The maximum absolute atomic E-state index is 4.02. The monoisotopic (exact) mass is 265 g/mol. The molecule has 2 heterocycles. The van der Waals surface area contributed by atoms with E-state index in [0.717, 1.165) is 26.2 Å². The molecular weight excluding hydrogens is 246 g/mol. The largest absolute Gasteiger partial charge is 0.302 e. The van der Waals surface area contributed by atoms with Gasteiger partial charge in [-0.25, -0.2) is 9.36 Å². The quantitative estimate of drug-likeness (QED) is 0.678. The minimum atomic E-state index is 0.604. The first kappa shape index (κ1) is 13.5. The van der Waals surface area contributed by atoms with Crippen LogP contribution < -0.4 is 0 Å². The van der Waals surface area contributed by atoms with Crippen LogP contribution in [-0.4, -0.2) is 64.9 Å². The fourth-order valence-electron chi connectivity index (χ4n) is 1.87. The van der Waals surface area contributed by atoms with Gasteiger partial charge in [-0.2, -0.15) is 0 Å². The molecule has 2 aromatic heterocycles. The fraction of sp³-hybridized carbons (Fsp3) is 0.800. The number of rotatable bonds is 7. The summed E-state index contributed by atoms with van der Waals surface area (Å²) in [5.41, 5.74) is 0. The van der Waals surface area contributed by atoms with Gasteiger partial charge in [0.25, 0.3) is 0 Å². The Morgan fingerprint density at radius 3 is 2.05 bits per heavy atom. The Hall–Kier alpha value is -1.90. The van der Waals surface area contributed by atoms with Crippen LogP contribution >= 0.6 is 0 Å². The Bertz CT molecular complexity index is 499.